The molecule has 0 fully saturated rings. The second-order valence-electron chi connectivity index (χ2n) is 3.97. The van der Waals surface area contributed by atoms with Crippen LogP contribution in [0, 0.1) is 0 Å². The molecule has 104 valence electrons. The fraction of sp³-hybridized carbons (Fsp3) is 0.909. The third kappa shape index (κ3) is 31.3. The molecular weight excluding hydrogens is 243 g/mol. The molecule has 17 heavy (non-hydrogen) atoms. The minimum atomic E-state index is -4.64. The van der Waals surface area contributed by atoms with Gasteiger partial charge in [0.1, 0.15) is 5.78 Å². The minimum absolute atomic E-state index is 0.469. The number of hydrogen-bond acceptors (Lipinski definition) is 2. The van der Waals surface area contributed by atoms with E-state index in [1.807, 2.05) is 0 Å². The van der Waals surface area contributed by atoms with Crippen molar-refractivity contribution in [1.82, 2.24) is 0 Å². The van der Waals surface area contributed by atoms with Crippen LogP contribution in [0.2, 0.25) is 0 Å². The summed E-state index contributed by atoms with van der Waals surface area (Å²) in [4.78, 5) is 32.8. The van der Waals surface area contributed by atoms with E-state index in [0.29, 0.717) is 5.78 Å². The molecule has 0 spiro atoms. The number of rotatable bonds is 8. The monoisotopic (exact) mass is 268 g/mol. The summed E-state index contributed by atoms with van der Waals surface area (Å²) in [6, 6.07) is 0. The quantitative estimate of drug-likeness (QED) is 0.464. The zero-order valence-electron chi connectivity index (χ0n) is 10.8. The van der Waals surface area contributed by atoms with E-state index in [2.05, 4.69) is 13.8 Å². The lowest BCUT2D eigenvalue weighted by Crippen LogP contribution is -1.96. The van der Waals surface area contributed by atoms with Gasteiger partial charge in [-0.3, -0.25) is 4.79 Å². The minimum Gasteiger partial charge on any atom is -0.303 e. The van der Waals surface area contributed by atoms with Crippen molar-refractivity contribution in [2.75, 3.05) is 0 Å². The van der Waals surface area contributed by atoms with Crippen molar-refractivity contribution in [2.24, 2.45) is 0 Å². The predicted molar refractivity (Wildman–Crippen MR) is 67.6 cm³/mol. The average molecular weight is 268 g/mol. The molecule has 0 aromatic heterocycles. The highest BCUT2D eigenvalue weighted by Gasteiger charge is 2.00. The molecule has 0 unspecified atom stereocenters. The summed E-state index contributed by atoms with van der Waals surface area (Å²) < 4.78 is 8.88. The maximum atomic E-state index is 11.2. The second-order valence-corrected chi connectivity index (χ2v) is 4.99. The molecule has 0 aromatic rings. The van der Waals surface area contributed by atoms with Gasteiger partial charge in [-0.05, 0) is 12.8 Å². The number of phosphoric acid groups is 1. The first-order valence-corrected chi connectivity index (χ1v) is 7.67. The number of carbonyl (C=O) groups excluding carboxylic acids is 1. The first-order valence-electron chi connectivity index (χ1n) is 6.11. The van der Waals surface area contributed by atoms with Gasteiger partial charge in [0.05, 0.1) is 0 Å². The van der Waals surface area contributed by atoms with Gasteiger partial charge in [0.15, 0.2) is 0 Å². The summed E-state index contributed by atoms with van der Waals surface area (Å²) in [6.07, 6.45) is 8.67. The van der Waals surface area contributed by atoms with Crippen LogP contribution in [0.1, 0.15) is 65.2 Å². The fourth-order valence-electron chi connectivity index (χ4n) is 1.27. The van der Waals surface area contributed by atoms with Crippen molar-refractivity contribution in [2.45, 2.75) is 65.2 Å². The van der Waals surface area contributed by atoms with Crippen molar-refractivity contribution in [1.29, 1.82) is 0 Å². The molecule has 0 rings (SSSR count). The van der Waals surface area contributed by atoms with E-state index < -0.39 is 7.82 Å². The van der Waals surface area contributed by atoms with Crippen LogP contribution in [0.5, 0.6) is 0 Å². The number of Topliss-reactive ketones (excluding diaryl/α,β-unsaturated/α-hetero) is 1. The lowest BCUT2D eigenvalue weighted by molar-refractivity contribution is -0.119. The van der Waals surface area contributed by atoms with Crippen LogP contribution in [0.15, 0.2) is 0 Å². The van der Waals surface area contributed by atoms with Crippen LogP contribution in [0.4, 0.5) is 0 Å². The zero-order valence-corrected chi connectivity index (χ0v) is 11.7. The SMILES string of the molecule is CCCCCC(=O)CCCCC.O=P(O)(O)O. The highest BCUT2D eigenvalue weighted by Crippen LogP contribution is 2.25. The number of unbranched alkanes of at least 4 members (excludes halogenated alkanes) is 4. The number of carbonyl (C=O) groups is 1. The Hall–Kier alpha value is -0.220. The van der Waals surface area contributed by atoms with E-state index in [4.69, 9.17) is 19.2 Å². The smallest absolute Gasteiger partial charge is 0.303 e. The Morgan fingerprint density at radius 2 is 1.18 bits per heavy atom. The van der Waals surface area contributed by atoms with E-state index in [1.54, 1.807) is 0 Å². The molecule has 6 heteroatoms. The van der Waals surface area contributed by atoms with Crippen LogP contribution in [-0.2, 0) is 9.36 Å². The van der Waals surface area contributed by atoms with Gasteiger partial charge < -0.3 is 14.7 Å². The third-order valence-electron chi connectivity index (χ3n) is 2.12. The van der Waals surface area contributed by atoms with Crippen molar-refractivity contribution in [3.63, 3.8) is 0 Å². The third-order valence-corrected chi connectivity index (χ3v) is 2.12. The molecule has 5 nitrogen and oxygen atoms in total. The van der Waals surface area contributed by atoms with Crippen molar-refractivity contribution in [3.05, 3.63) is 0 Å². The van der Waals surface area contributed by atoms with E-state index in [1.165, 1.54) is 25.7 Å². The predicted octanol–water partition coefficient (Wildman–Crippen LogP) is 2.79. The van der Waals surface area contributed by atoms with E-state index in [9.17, 15) is 4.79 Å². The molecule has 0 saturated carbocycles. The van der Waals surface area contributed by atoms with Gasteiger partial charge >= 0.3 is 7.82 Å². The maximum absolute atomic E-state index is 11.2. The molecule has 0 radical (unpaired) electrons. The standard InChI is InChI=1S/C11H22O.H3O4P/c1-3-5-7-9-11(12)10-8-6-4-2;1-5(2,3)4/h3-10H2,1-2H3;(H3,1,2,3,4). The molecule has 0 amide bonds. The fourth-order valence-corrected chi connectivity index (χ4v) is 1.27. The van der Waals surface area contributed by atoms with Gasteiger partial charge in [0, 0.05) is 12.8 Å². The Morgan fingerprint density at radius 1 is 0.882 bits per heavy atom. The van der Waals surface area contributed by atoms with Crippen molar-refractivity contribution in [3.8, 4) is 0 Å². The molecular formula is C11H25O5P. The first kappa shape index (κ1) is 19.1. The summed E-state index contributed by atoms with van der Waals surface area (Å²) in [5, 5.41) is 0. The zero-order chi connectivity index (χ0) is 13.7. The highest BCUT2D eigenvalue weighted by atomic mass is 31.2. The number of hydrogen-bond donors (Lipinski definition) is 3. The normalized spacial score (nSPS) is 10.6. The average Bonchev–Trinajstić information content (AvgIpc) is 2.16. The summed E-state index contributed by atoms with van der Waals surface area (Å²) in [6.45, 7) is 4.34. The van der Waals surface area contributed by atoms with Gasteiger partial charge in [0.2, 0.25) is 0 Å². The van der Waals surface area contributed by atoms with Crippen LogP contribution >= 0.6 is 7.82 Å². The van der Waals surface area contributed by atoms with Gasteiger partial charge in [-0.1, -0.05) is 39.5 Å². The lowest BCUT2D eigenvalue weighted by Gasteiger charge is -1.98. The Labute approximate surface area is 103 Å². The van der Waals surface area contributed by atoms with Crippen molar-refractivity contribution >= 4 is 13.6 Å². The van der Waals surface area contributed by atoms with E-state index in [0.717, 1.165) is 25.7 Å². The van der Waals surface area contributed by atoms with E-state index >= 15 is 0 Å². The summed E-state index contributed by atoms with van der Waals surface area (Å²) >= 11 is 0. The summed E-state index contributed by atoms with van der Waals surface area (Å²) in [5.74, 6) is 0.469. The second kappa shape index (κ2) is 12.2. The topological polar surface area (TPSA) is 94.8 Å². The van der Waals surface area contributed by atoms with Crippen LogP contribution in [0.3, 0.4) is 0 Å². The molecule has 0 bridgehead atoms. The highest BCUT2D eigenvalue weighted by molar-refractivity contribution is 7.45. The lowest BCUT2D eigenvalue weighted by atomic mass is 10.1. The van der Waals surface area contributed by atoms with Gasteiger partial charge in [-0.25, -0.2) is 4.57 Å². The Bertz CT molecular complexity index is 204. The maximum Gasteiger partial charge on any atom is 0.466 e. The van der Waals surface area contributed by atoms with Gasteiger partial charge in [-0.2, -0.15) is 0 Å². The van der Waals surface area contributed by atoms with E-state index in [-0.39, 0.29) is 0 Å². The Morgan fingerprint density at radius 3 is 1.41 bits per heavy atom. The molecule has 0 heterocycles. The van der Waals surface area contributed by atoms with Crippen LogP contribution in [-0.4, -0.2) is 20.5 Å². The summed E-state index contributed by atoms with van der Waals surface area (Å²) in [5.41, 5.74) is 0. The molecule has 3 N–H and O–H groups in total. The molecule has 0 aliphatic carbocycles. The summed E-state index contributed by atoms with van der Waals surface area (Å²) in [7, 11) is -4.64. The van der Waals surface area contributed by atoms with Gasteiger partial charge in [0.25, 0.3) is 0 Å². The number of ketones is 1. The Kier molecular flexibility index (Phi) is 13.8. The molecule has 0 atom stereocenters. The van der Waals surface area contributed by atoms with Gasteiger partial charge in [-0.15, -0.1) is 0 Å². The largest absolute Gasteiger partial charge is 0.466 e. The molecule has 0 saturated heterocycles. The first-order chi connectivity index (χ1) is 7.81. The molecule has 0 aromatic carbocycles. The molecule has 0 aliphatic rings. The Balaban J connectivity index is 0. The molecule has 0 aliphatic heterocycles. The van der Waals surface area contributed by atoms with Crippen LogP contribution < -0.4 is 0 Å². The van der Waals surface area contributed by atoms with Crippen molar-refractivity contribution < 1.29 is 24.0 Å². The van der Waals surface area contributed by atoms with Crippen LogP contribution in [0.25, 0.3) is 0 Å².